The van der Waals surface area contributed by atoms with Crippen molar-refractivity contribution < 1.29 is 18.7 Å². The summed E-state index contributed by atoms with van der Waals surface area (Å²) in [6.07, 6.45) is 3.02. The van der Waals surface area contributed by atoms with E-state index in [4.69, 9.17) is 9.15 Å². The first kappa shape index (κ1) is 18.3. The van der Waals surface area contributed by atoms with Crippen LogP contribution >= 0.6 is 0 Å². The summed E-state index contributed by atoms with van der Waals surface area (Å²) in [6.45, 7) is 5.80. The first-order valence-electron chi connectivity index (χ1n) is 8.06. The van der Waals surface area contributed by atoms with Crippen LogP contribution in [0.3, 0.4) is 0 Å². The number of urea groups is 1. The topological polar surface area (TPSA) is 80.6 Å². The van der Waals surface area contributed by atoms with Crippen molar-refractivity contribution in [3.05, 3.63) is 59.6 Å². The highest BCUT2D eigenvalue weighted by molar-refractivity contribution is 5.90. The largest absolute Gasteiger partial charge is 0.464 e. The van der Waals surface area contributed by atoms with Gasteiger partial charge in [0.25, 0.3) is 0 Å². The number of anilines is 1. The van der Waals surface area contributed by atoms with Crippen molar-refractivity contribution in [2.45, 2.75) is 26.8 Å². The van der Waals surface area contributed by atoms with Crippen molar-refractivity contribution in [2.75, 3.05) is 11.9 Å². The zero-order valence-electron chi connectivity index (χ0n) is 14.5. The van der Waals surface area contributed by atoms with Crippen LogP contribution in [0.5, 0.6) is 0 Å². The number of rotatable bonds is 6. The number of hydrogen-bond acceptors (Lipinski definition) is 4. The van der Waals surface area contributed by atoms with Gasteiger partial charge in [-0.15, -0.1) is 0 Å². The Balaban J connectivity index is 1.87. The van der Waals surface area contributed by atoms with E-state index in [1.807, 2.05) is 26.0 Å². The molecule has 1 atom stereocenters. The maximum atomic E-state index is 12.0. The highest BCUT2D eigenvalue weighted by Crippen LogP contribution is 2.16. The molecule has 2 N–H and O–H groups in total. The third kappa shape index (κ3) is 5.84. The van der Waals surface area contributed by atoms with E-state index in [9.17, 15) is 9.59 Å². The molecular weight excluding hydrogens is 320 g/mol. The van der Waals surface area contributed by atoms with Gasteiger partial charge in [0.1, 0.15) is 11.5 Å². The summed E-state index contributed by atoms with van der Waals surface area (Å²) in [5.41, 5.74) is 1.48. The third-order valence-electron chi connectivity index (χ3n) is 3.40. The molecule has 0 bridgehead atoms. The number of esters is 1. The second-order valence-electron chi connectivity index (χ2n) is 5.48. The summed E-state index contributed by atoms with van der Waals surface area (Å²) in [4.78, 5) is 23.3. The van der Waals surface area contributed by atoms with Crippen LogP contribution in [0.1, 0.15) is 37.0 Å². The van der Waals surface area contributed by atoms with Gasteiger partial charge in [-0.25, -0.2) is 9.59 Å². The van der Waals surface area contributed by atoms with E-state index in [2.05, 4.69) is 10.6 Å². The van der Waals surface area contributed by atoms with Crippen molar-refractivity contribution in [1.82, 2.24) is 5.32 Å². The minimum Gasteiger partial charge on any atom is -0.464 e. The van der Waals surface area contributed by atoms with Crippen LogP contribution in [0, 0.1) is 6.92 Å². The number of aryl methyl sites for hydroxylation is 1. The van der Waals surface area contributed by atoms with Gasteiger partial charge in [-0.05, 0) is 56.7 Å². The monoisotopic (exact) mass is 342 g/mol. The van der Waals surface area contributed by atoms with E-state index in [1.165, 1.54) is 6.08 Å². The van der Waals surface area contributed by atoms with Gasteiger partial charge in [0, 0.05) is 11.8 Å². The van der Waals surface area contributed by atoms with Crippen LogP contribution in [0.4, 0.5) is 10.5 Å². The minimum atomic E-state index is -0.383. The SMILES string of the molecule is CCOC(=O)/C=C/c1ccc(NC(=O)N[C@@H](C)c2ccc(C)o2)cc1. The lowest BCUT2D eigenvalue weighted by Gasteiger charge is -2.12. The Morgan fingerprint density at radius 3 is 2.52 bits per heavy atom. The van der Waals surface area contributed by atoms with Crippen molar-refractivity contribution >= 4 is 23.8 Å². The molecule has 6 heteroatoms. The molecule has 6 nitrogen and oxygen atoms in total. The van der Waals surface area contributed by atoms with Gasteiger partial charge in [0.15, 0.2) is 0 Å². The average molecular weight is 342 g/mol. The Kier molecular flexibility index (Phi) is 6.39. The number of amides is 2. The number of ether oxygens (including phenoxy) is 1. The molecule has 0 unspecified atom stereocenters. The average Bonchev–Trinajstić information content (AvgIpc) is 3.01. The Bertz CT molecular complexity index is 747. The molecule has 0 aliphatic carbocycles. The van der Waals surface area contributed by atoms with Gasteiger partial charge in [0.2, 0.25) is 0 Å². The van der Waals surface area contributed by atoms with Gasteiger partial charge in [-0.3, -0.25) is 0 Å². The fourth-order valence-electron chi connectivity index (χ4n) is 2.15. The Morgan fingerprint density at radius 1 is 1.20 bits per heavy atom. The number of hydrogen-bond donors (Lipinski definition) is 2. The Labute approximate surface area is 146 Å². The summed E-state index contributed by atoms with van der Waals surface area (Å²) in [7, 11) is 0. The molecule has 0 aliphatic rings. The van der Waals surface area contributed by atoms with E-state index in [1.54, 1.807) is 37.3 Å². The van der Waals surface area contributed by atoms with E-state index >= 15 is 0 Å². The first-order valence-corrected chi connectivity index (χ1v) is 8.06. The second kappa shape index (κ2) is 8.73. The maximum Gasteiger partial charge on any atom is 0.330 e. The van der Waals surface area contributed by atoms with Gasteiger partial charge < -0.3 is 19.8 Å². The molecule has 0 radical (unpaired) electrons. The number of nitrogens with one attached hydrogen (secondary N) is 2. The fourth-order valence-corrected chi connectivity index (χ4v) is 2.15. The summed E-state index contributed by atoms with van der Waals surface area (Å²) in [6, 6.07) is 10.2. The standard InChI is InChI=1S/C19H22N2O4/c1-4-24-18(22)12-8-15-6-9-16(10-7-15)21-19(23)20-14(3)17-11-5-13(2)25-17/h5-12,14H,4H2,1-3H3,(H2,20,21,23)/b12-8+/t14-/m0/s1. The lowest BCUT2D eigenvalue weighted by Crippen LogP contribution is -2.30. The van der Waals surface area contributed by atoms with E-state index < -0.39 is 0 Å². The summed E-state index contributed by atoms with van der Waals surface area (Å²) >= 11 is 0. The van der Waals surface area contributed by atoms with Gasteiger partial charge in [-0.2, -0.15) is 0 Å². The van der Waals surface area contributed by atoms with Crippen molar-refractivity contribution in [1.29, 1.82) is 0 Å². The fraction of sp³-hybridized carbons (Fsp3) is 0.263. The van der Waals surface area contributed by atoms with Crippen LogP contribution in [0.15, 0.2) is 46.9 Å². The summed E-state index contributed by atoms with van der Waals surface area (Å²) in [5, 5.41) is 5.56. The quantitative estimate of drug-likeness (QED) is 0.613. The van der Waals surface area contributed by atoms with Crippen molar-refractivity contribution in [3.63, 3.8) is 0 Å². The molecule has 0 spiro atoms. The number of carbonyl (C=O) groups is 2. The van der Waals surface area contributed by atoms with Crippen LogP contribution in [-0.2, 0) is 9.53 Å². The molecule has 1 aromatic carbocycles. The Morgan fingerprint density at radius 2 is 1.92 bits per heavy atom. The first-order chi connectivity index (χ1) is 12.0. The number of carbonyl (C=O) groups excluding carboxylic acids is 2. The van der Waals surface area contributed by atoms with Crippen LogP contribution in [0.25, 0.3) is 6.08 Å². The van der Waals surface area contributed by atoms with Gasteiger partial charge >= 0.3 is 12.0 Å². The van der Waals surface area contributed by atoms with Crippen molar-refractivity contribution in [2.24, 2.45) is 0 Å². The third-order valence-corrected chi connectivity index (χ3v) is 3.40. The lowest BCUT2D eigenvalue weighted by atomic mass is 10.2. The summed E-state index contributed by atoms with van der Waals surface area (Å²) in [5.74, 6) is 1.12. The smallest absolute Gasteiger partial charge is 0.330 e. The number of benzene rings is 1. The predicted octanol–water partition coefficient (Wildman–Crippen LogP) is 4.05. The summed E-state index contributed by atoms with van der Waals surface area (Å²) < 4.78 is 10.3. The number of furan rings is 1. The molecule has 1 heterocycles. The maximum absolute atomic E-state index is 12.0. The lowest BCUT2D eigenvalue weighted by molar-refractivity contribution is -0.137. The molecule has 0 saturated heterocycles. The normalized spacial score (nSPS) is 12.0. The Hall–Kier alpha value is -3.02. The highest BCUT2D eigenvalue weighted by Gasteiger charge is 2.12. The molecular formula is C19H22N2O4. The van der Waals surface area contributed by atoms with E-state index in [0.717, 1.165) is 11.3 Å². The minimum absolute atomic E-state index is 0.236. The van der Waals surface area contributed by atoms with Crippen molar-refractivity contribution in [3.8, 4) is 0 Å². The molecule has 2 amide bonds. The van der Waals surface area contributed by atoms with Crippen LogP contribution < -0.4 is 10.6 Å². The zero-order valence-corrected chi connectivity index (χ0v) is 14.5. The van der Waals surface area contributed by atoms with Crippen LogP contribution in [0.2, 0.25) is 0 Å². The van der Waals surface area contributed by atoms with E-state index in [0.29, 0.717) is 18.1 Å². The molecule has 132 valence electrons. The molecule has 0 aliphatic heterocycles. The molecule has 2 rings (SSSR count). The van der Waals surface area contributed by atoms with E-state index in [-0.39, 0.29) is 18.0 Å². The predicted molar refractivity (Wildman–Crippen MR) is 96.1 cm³/mol. The molecule has 25 heavy (non-hydrogen) atoms. The van der Waals surface area contributed by atoms with Crippen LogP contribution in [-0.4, -0.2) is 18.6 Å². The zero-order chi connectivity index (χ0) is 18.2. The molecule has 2 aromatic rings. The second-order valence-corrected chi connectivity index (χ2v) is 5.48. The highest BCUT2D eigenvalue weighted by atomic mass is 16.5. The van der Waals surface area contributed by atoms with Gasteiger partial charge in [-0.1, -0.05) is 12.1 Å². The van der Waals surface area contributed by atoms with Gasteiger partial charge in [0.05, 0.1) is 12.6 Å². The molecule has 0 fully saturated rings. The molecule has 0 saturated carbocycles. The molecule has 1 aromatic heterocycles.